The van der Waals surface area contributed by atoms with E-state index < -0.39 is 5.69 Å². The normalized spacial score (nSPS) is 9.91. The predicted octanol–water partition coefficient (Wildman–Crippen LogP) is 0.433. The molecule has 4 heteroatoms. The third-order valence-electron chi connectivity index (χ3n) is 1.41. The van der Waals surface area contributed by atoms with Crippen molar-refractivity contribution < 1.29 is 5.21 Å². The number of hydrogen-bond acceptors (Lipinski definition) is 3. The Hall–Kier alpha value is -1.32. The van der Waals surface area contributed by atoms with Crippen LogP contribution in [-0.2, 0) is 6.42 Å². The Bertz CT molecular complexity index is 293. The first-order chi connectivity index (χ1) is 5.25. The van der Waals surface area contributed by atoms with Crippen molar-refractivity contribution >= 4 is 0 Å². The fourth-order valence-electron chi connectivity index (χ4n) is 0.881. The summed E-state index contributed by atoms with van der Waals surface area (Å²) in [5, 5.41) is 9.07. The molecule has 1 rings (SSSR count). The van der Waals surface area contributed by atoms with E-state index in [1.807, 2.05) is 6.92 Å². The minimum absolute atomic E-state index is 0.587. The van der Waals surface area contributed by atoms with Crippen molar-refractivity contribution in [3.63, 3.8) is 0 Å². The van der Waals surface area contributed by atoms with E-state index in [0.717, 1.165) is 6.42 Å². The SMILES string of the molecule is CCCc1ccnc(=O)n1O. The van der Waals surface area contributed by atoms with Crippen LogP contribution in [0.25, 0.3) is 0 Å². The van der Waals surface area contributed by atoms with Crippen LogP contribution in [0.15, 0.2) is 17.1 Å². The minimum atomic E-state index is -0.615. The summed E-state index contributed by atoms with van der Waals surface area (Å²) in [6.45, 7) is 1.98. The molecule has 0 aliphatic rings. The first kappa shape index (κ1) is 7.78. The van der Waals surface area contributed by atoms with E-state index in [-0.39, 0.29) is 0 Å². The lowest BCUT2D eigenvalue weighted by Gasteiger charge is -2.01. The van der Waals surface area contributed by atoms with E-state index in [9.17, 15) is 4.79 Å². The molecule has 60 valence electrons. The second kappa shape index (κ2) is 3.18. The smallest absolute Gasteiger partial charge is 0.380 e. The molecule has 0 radical (unpaired) electrons. The Kier molecular flexibility index (Phi) is 2.25. The largest absolute Gasteiger partial charge is 0.424 e. The molecule has 11 heavy (non-hydrogen) atoms. The Balaban J connectivity index is 3.06. The van der Waals surface area contributed by atoms with Gasteiger partial charge in [-0.15, -0.1) is 4.73 Å². The van der Waals surface area contributed by atoms with Gasteiger partial charge in [-0.3, -0.25) is 0 Å². The summed E-state index contributed by atoms with van der Waals surface area (Å²) in [5.74, 6) is 0. The van der Waals surface area contributed by atoms with Crippen LogP contribution in [0, 0.1) is 0 Å². The van der Waals surface area contributed by atoms with Crippen LogP contribution in [0.2, 0.25) is 0 Å². The van der Waals surface area contributed by atoms with Crippen molar-refractivity contribution in [1.29, 1.82) is 0 Å². The molecule has 0 fully saturated rings. The van der Waals surface area contributed by atoms with Crippen molar-refractivity contribution in [1.82, 2.24) is 9.71 Å². The van der Waals surface area contributed by atoms with Gasteiger partial charge in [-0.25, -0.2) is 4.79 Å². The van der Waals surface area contributed by atoms with Gasteiger partial charge >= 0.3 is 5.69 Å². The first-order valence-electron chi connectivity index (χ1n) is 3.52. The van der Waals surface area contributed by atoms with E-state index in [1.165, 1.54) is 6.20 Å². The molecule has 0 spiro atoms. The third-order valence-corrected chi connectivity index (χ3v) is 1.41. The number of rotatable bonds is 2. The van der Waals surface area contributed by atoms with Crippen molar-refractivity contribution in [2.75, 3.05) is 0 Å². The Labute approximate surface area is 64.1 Å². The zero-order valence-electron chi connectivity index (χ0n) is 6.32. The highest BCUT2D eigenvalue weighted by Crippen LogP contribution is 1.95. The third kappa shape index (κ3) is 1.58. The topological polar surface area (TPSA) is 55.1 Å². The van der Waals surface area contributed by atoms with Gasteiger partial charge in [-0.05, 0) is 12.5 Å². The van der Waals surface area contributed by atoms with Gasteiger partial charge in [0, 0.05) is 6.20 Å². The Morgan fingerprint density at radius 1 is 1.73 bits per heavy atom. The maximum absolute atomic E-state index is 10.7. The Morgan fingerprint density at radius 2 is 2.45 bits per heavy atom. The average molecular weight is 154 g/mol. The van der Waals surface area contributed by atoms with Crippen LogP contribution in [-0.4, -0.2) is 14.9 Å². The lowest BCUT2D eigenvalue weighted by molar-refractivity contribution is 0.160. The molecule has 1 N–H and O–H groups in total. The first-order valence-corrected chi connectivity index (χ1v) is 3.52. The van der Waals surface area contributed by atoms with Crippen molar-refractivity contribution in [2.24, 2.45) is 0 Å². The van der Waals surface area contributed by atoms with Gasteiger partial charge < -0.3 is 5.21 Å². The molecule has 0 aliphatic carbocycles. The standard InChI is InChI=1S/C7H10N2O2/c1-2-3-6-4-5-8-7(10)9(6)11/h4-5,11H,2-3H2,1H3. The van der Waals surface area contributed by atoms with E-state index in [4.69, 9.17) is 5.21 Å². The highest BCUT2D eigenvalue weighted by atomic mass is 16.5. The number of nitrogens with zero attached hydrogens (tertiary/aromatic N) is 2. The molecule has 1 heterocycles. The zero-order valence-corrected chi connectivity index (χ0v) is 6.32. The van der Waals surface area contributed by atoms with Crippen LogP contribution < -0.4 is 5.69 Å². The predicted molar refractivity (Wildman–Crippen MR) is 39.7 cm³/mol. The molecule has 1 aromatic heterocycles. The molecule has 0 saturated carbocycles. The highest BCUT2D eigenvalue weighted by Gasteiger charge is 1.99. The van der Waals surface area contributed by atoms with Gasteiger partial charge in [0.15, 0.2) is 0 Å². The number of aryl methyl sites for hydroxylation is 1. The van der Waals surface area contributed by atoms with Crippen LogP contribution >= 0.6 is 0 Å². The molecule has 0 bridgehead atoms. The van der Waals surface area contributed by atoms with Gasteiger partial charge in [0.1, 0.15) is 0 Å². The summed E-state index contributed by atoms with van der Waals surface area (Å²) in [7, 11) is 0. The van der Waals surface area contributed by atoms with E-state index in [2.05, 4.69) is 4.98 Å². The summed E-state index contributed by atoms with van der Waals surface area (Å²) in [6, 6.07) is 1.63. The van der Waals surface area contributed by atoms with Crippen molar-refractivity contribution in [3.05, 3.63) is 28.4 Å². The lowest BCUT2D eigenvalue weighted by atomic mass is 10.2. The molecule has 4 nitrogen and oxygen atoms in total. The van der Waals surface area contributed by atoms with Crippen LogP contribution in [0.1, 0.15) is 19.0 Å². The molecule has 0 unspecified atom stereocenters. The van der Waals surface area contributed by atoms with E-state index in [1.54, 1.807) is 6.07 Å². The molecule has 1 aromatic rings. The molecular weight excluding hydrogens is 144 g/mol. The fourth-order valence-corrected chi connectivity index (χ4v) is 0.881. The zero-order chi connectivity index (χ0) is 8.27. The van der Waals surface area contributed by atoms with Gasteiger partial charge in [0.05, 0.1) is 5.69 Å². The monoisotopic (exact) mass is 154 g/mol. The maximum atomic E-state index is 10.7. The van der Waals surface area contributed by atoms with Crippen LogP contribution in [0.3, 0.4) is 0 Å². The quantitative estimate of drug-likeness (QED) is 0.628. The molecule has 0 saturated heterocycles. The highest BCUT2D eigenvalue weighted by molar-refractivity contribution is 4.98. The van der Waals surface area contributed by atoms with Crippen LogP contribution in [0.4, 0.5) is 0 Å². The van der Waals surface area contributed by atoms with E-state index in [0.29, 0.717) is 16.8 Å². The van der Waals surface area contributed by atoms with Gasteiger partial charge in [-0.1, -0.05) is 13.3 Å². The summed E-state index contributed by atoms with van der Waals surface area (Å²) in [5.41, 5.74) is -0.0107. The summed E-state index contributed by atoms with van der Waals surface area (Å²) in [4.78, 5) is 14.1. The van der Waals surface area contributed by atoms with Crippen molar-refractivity contribution in [3.8, 4) is 0 Å². The molecular formula is C7H10N2O2. The summed E-state index contributed by atoms with van der Waals surface area (Å²) < 4.78 is 0.587. The second-order valence-corrected chi connectivity index (χ2v) is 2.28. The van der Waals surface area contributed by atoms with Crippen molar-refractivity contribution in [2.45, 2.75) is 19.8 Å². The Morgan fingerprint density at radius 3 is 3.09 bits per heavy atom. The summed E-state index contributed by atoms with van der Waals surface area (Å²) >= 11 is 0. The maximum Gasteiger partial charge on any atom is 0.380 e. The molecule has 0 atom stereocenters. The average Bonchev–Trinajstić information content (AvgIpc) is 1.99. The number of aromatic nitrogens is 2. The molecule has 0 aliphatic heterocycles. The molecule has 0 aromatic carbocycles. The summed E-state index contributed by atoms with van der Waals surface area (Å²) in [6.07, 6.45) is 2.98. The van der Waals surface area contributed by atoms with Gasteiger partial charge in [0.25, 0.3) is 0 Å². The minimum Gasteiger partial charge on any atom is -0.424 e. The second-order valence-electron chi connectivity index (χ2n) is 2.28. The van der Waals surface area contributed by atoms with E-state index >= 15 is 0 Å². The lowest BCUT2D eigenvalue weighted by Crippen LogP contribution is -2.23. The van der Waals surface area contributed by atoms with Gasteiger partial charge in [0.2, 0.25) is 0 Å². The van der Waals surface area contributed by atoms with Gasteiger partial charge in [-0.2, -0.15) is 4.98 Å². The van der Waals surface area contributed by atoms with Crippen LogP contribution in [0.5, 0.6) is 0 Å². The number of hydrogen-bond donors (Lipinski definition) is 1. The fraction of sp³-hybridized carbons (Fsp3) is 0.429. The molecule has 0 amide bonds.